The molecule has 1 aliphatic rings. The van der Waals surface area contributed by atoms with Gasteiger partial charge in [0.25, 0.3) is 11.6 Å². The average Bonchev–Trinajstić information content (AvgIpc) is 3.13. The molecule has 2 aromatic rings. The van der Waals surface area contributed by atoms with E-state index in [2.05, 4.69) is 26.5 Å². The van der Waals surface area contributed by atoms with Gasteiger partial charge in [-0.1, -0.05) is 15.9 Å². The Kier molecular flexibility index (Phi) is 5.87. The highest BCUT2D eigenvalue weighted by atomic mass is 79.9. The zero-order valence-corrected chi connectivity index (χ0v) is 15.9. The van der Waals surface area contributed by atoms with E-state index in [1.54, 1.807) is 0 Å². The fourth-order valence-corrected chi connectivity index (χ4v) is 2.66. The summed E-state index contributed by atoms with van der Waals surface area (Å²) >= 11 is 3.11. The SMILES string of the molecule is O=C(COc1ccc(Br)cc1[N+](=O)[O-])N/N=C\c1cc2c(cc1[N+](=O)[O-])OCO2. The molecule has 3 rings (SSSR count). The van der Waals surface area contributed by atoms with Gasteiger partial charge >= 0.3 is 5.69 Å². The van der Waals surface area contributed by atoms with Gasteiger partial charge in [0.15, 0.2) is 23.9 Å². The number of hydrogen-bond acceptors (Lipinski definition) is 9. The lowest BCUT2D eigenvalue weighted by Gasteiger charge is -2.06. The third-order valence-corrected chi connectivity index (χ3v) is 4.08. The standard InChI is InChI=1S/C16H11BrN4O8/c17-10-1-2-13(12(4-10)21(25)26)27-7-16(22)19-18-6-9-3-14-15(29-8-28-14)5-11(9)20(23)24/h1-6H,7-8H2,(H,19,22)/b18-6-. The van der Waals surface area contributed by atoms with E-state index in [4.69, 9.17) is 14.2 Å². The molecule has 150 valence electrons. The smallest absolute Gasteiger partial charge is 0.312 e. The molecule has 0 saturated heterocycles. The predicted molar refractivity (Wildman–Crippen MR) is 101 cm³/mol. The minimum Gasteiger partial charge on any atom is -0.477 e. The molecule has 0 aliphatic carbocycles. The highest BCUT2D eigenvalue weighted by Crippen LogP contribution is 2.37. The third kappa shape index (κ3) is 4.76. The number of rotatable bonds is 7. The van der Waals surface area contributed by atoms with Crippen LogP contribution in [0.2, 0.25) is 0 Å². The normalized spacial score (nSPS) is 12.0. The first-order valence-electron chi connectivity index (χ1n) is 7.82. The van der Waals surface area contributed by atoms with Gasteiger partial charge in [-0.05, 0) is 18.2 Å². The first kappa shape index (κ1) is 20.0. The maximum atomic E-state index is 11.9. The summed E-state index contributed by atoms with van der Waals surface area (Å²) in [5, 5.41) is 25.8. The Morgan fingerprint density at radius 1 is 1.17 bits per heavy atom. The third-order valence-electron chi connectivity index (χ3n) is 3.59. The van der Waals surface area contributed by atoms with Crippen LogP contribution in [0.3, 0.4) is 0 Å². The maximum Gasteiger partial charge on any atom is 0.312 e. The molecule has 1 N–H and O–H groups in total. The zero-order valence-electron chi connectivity index (χ0n) is 14.4. The molecule has 0 aromatic heterocycles. The molecule has 0 saturated carbocycles. The van der Waals surface area contributed by atoms with Crippen LogP contribution in [0.1, 0.15) is 5.56 Å². The van der Waals surface area contributed by atoms with Gasteiger partial charge in [-0.15, -0.1) is 0 Å². The van der Waals surface area contributed by atoms with Gasteiger partial charge in [0.2, 0.25) is 6.79 Å². The van der Waals surface area contributed by atoms with Crippen LogP contribution in [0.25, 0.3) is 0 Å². The monoisotopic (exact) mass is 466 g/mol. The summed E-state index contributed by atoms with van der Waals surface area (Å²) in [5.41, 5.74) is 1.62. The van der Waals surface area contributed by atoms with E-state index < -0.39 is 22.4 Å². The van der Waals surface area contributed by atoms with Crippen molar-refractivity contribution in [2.24, 2.45) is 5.10 Å². The molecule has 2 aromatic carbocycles. The number of amides is 1. The highest BCUT2D eigenvalue weighted by Gasteiger charge is 2.22. The van der Waals surface area contributed by atoms with Gasteiger partial charge in [0, 0.05) is 10.5 Å². The van der Waals surface area contributed by atoms with Gasteiger partial charge < -0.3 is 14.2 Å². The topological polar surface area (TPSA) is 155 Å². The number of nitrogens with one attached hydrogen (secondary N) is 1. The number of benzene rings is 2. The Morgan fingerprint density at radius 2 is 1.86 bits per heavy atom. The summed E-state index contributed by atoms with van der Waals surface area (Å²) in [6.45, 7) is -0.605. The van der Waals surface area contributed by atoms with E-state index in [9.17, 15) is 25.0 Å². The fraction of sp³-hybridized carbons (Fsp3) is 0.125. The quantitative estimate of drug-likeness (QED) is 0.370. The predicted octanol–water partition coefficient (Wildman–Crippen LogP) is 2.52. The number of fused-ring (bicyclic) bond motifs is 1. The summed E-state index contributed by atoms with van der Waals surface area (Å²) in [4.78, 5) is 32.8. The van der Waals surface area contributed by atoms with Crippen LogP contribution in [0, 0.1) is 20.2 Å². The van der Waals surface area contributed by atoms with Gasteiger partial charge in [-0.2, -0.15) is 5.10 Å². The minimum atomic E-state index is -0.720. The molecular weight excluding hydrogens is 456 g/mol. The average molecular weight is 467 g/mol. The lowest BCUT2D eigenvalue weighted by molar-refractivity contribution is -0.385. The molecule has 0 radical (unpaired) electrons. The number of carbonyl (C=O) groups is 1. The van der Waals surface area contributed by atoms with Crippen molar-refractivity contribution in [1.82, 2.24) is 5.43 Å². The van der Waals surface area contributed by atoms with Gasteiger partial charge in [-0.25, -0.2) is 5.43 Å². The Labute approximate surface area is 170 Å². The van der Waals surface area contributed by atoms with E-state index in [0.29, 0.717) is 10.2 Å². The summed E-state index contributed by atoms with van der Waals surface area (Å²) in [7, 11) is 0. The van der Waals surface area contributed by atoms with Crippen LogP contribution in [0.5, 0.6) is 17.2 Å². The van der Waals surface area contributed by atoms with Crippen molar-refractivity contribution in [3.8, 4) is 17.2 Å². The van der Waals surface area contributed by atoms with Crippen molar-refractivity contribution >= 4 is 39.4 Å². The molecule has 0 fully saturated rings. The molecule has 0 spiro atoms. The van der Waals surface area contributed by atoms with Crippen LogP contribution in [0.4, 0.5) is 11.4 Å². The number of hydrogen-bond donors (Lipinski definition) is 1. The molecule has 1 heterocycles. The number of ether oxygens (including phenoxy) is 3. The van der Waals surface area contributed by atoms with Gasteiger partial charge in [0.05, 0.1) is 27.7 Å². The van der Waals surface area contributed by atoms with Crippen molar-refractivity contribution in [1.29, 1.82) is 0 Å². The van der Waals surface area contributed by atoms with Crippen LogP contribution >= 0.6 is 15.9 Å². The van der Waals surface area contributed by atoms with Crippen LogP contribution in [-0.2, 0) is 4.79 Å². The highest BCUT2D eigenvalue weighted by molar-refractivity contribution is 9.10. The second-order valence-electron chi connectivity index (χ2n) is 5.47. The number of hydrazone groups is 1. The molecule has 1 aliphatic heterocycles. The van der Waals surface area contributed by atoms with Crippen molar-refractivity contribution in [2.75, 3.05) is 13.4 Å². The molecule has 1 amide bonds. The molecule has 29 heavy (non-hydrogen) atoms. The van der Waals surface area contributed by atoms with Gasteiger partial charge in [0.1, 0.15) is 0 Å². The van der Waals surface area contributed by atoms with E-state index >= 15 is 0 Å². The number of nitrogens with zero attached hydrogens (tertiary/aromatic N) is 3. The van der Waals surface area contributed by atoms with E-state index in [1.807, 2.05) is 0 Å². The lowest BCUT2D eigenvalue weighted by Crippen LogP contribution is -2.24. The Morgan fingerprint density at radius 3 is 2.55 bits per heavy atom. The van der Waals surface area contributed by atoms with Crippen molar-refractivity contribution < 1.29 is 28.9 Å². The van der Waals surface area contributed by atoms with E-state index in [1.165, 1.54) is 30.3 Å². The van der Waals surface area contributed by atoms with Crippen molar-refractivity contribution in [3.63, 3.8) is 0 Å². The second-order valence-corrected chi connectivity index (χ2v) is 6.39. The molecule has 12 nitrogen and oxygen atoms in total. The van der Waals surface area contributed by atoms with Crippen LogP contribution in [-0.4, -0.2) is 35.4 Å². The number of nitro benzene ring substituents is 2. The van der Waals surface area contributed by atoms with E-state index in [0.717, 1.165) is 6.21 Å². The van der Waals surface area contributed by atoms with Gasteiger partial charge in [-0.3, -0.25) is 25.0 Å². The Bertz CT molecular complexity index is 1030. The second kappa shape index (κ2) is 8.52. The minimum absolute atomic E-state index is 0.0522. The summed E-state index contributed by atoms with van der Waals surface area (Å²) < 4.78 is 15.9. The fourth-order valence-electron chi connectivity index (χ4n) is 2.31. The lowest BCUT2D eigenvalue weighted by atomic mass is 10.1. The molecule has 0 bridgehead atoms. The van der Waals surface area contributed by atoms with Crippen molar-refractivity contribution in [3.05, 3.63) is 60.6 Å². The van der Waals surface area contributed by atoms with Crippen LogP contribution < -0.4 is 19.6 Å². The van der Waals surface area contributed by atoms with E-state index in [-0.39, 0.29) is 35.2 Å². The number of nitro groups is 2. The van der Waals surface area contributed by atoms with Crippen LogP contribution in [0.15, 0.2) is 39.9 Å². The Hall–Kier alpha value is -3.74. The molecular formula is C16H11BrN4O8. The summed E-state index contributed by atoms with van der Waals surface area (Å²) in [6, 6.07) is 6.66. The number of halogens is 1. The zero-order chi connectivity index (χ0) is 21.0. The Balaban J connectivity index is 1.64. The maximum absolute atomic E-state index is 11.9. The first-order chi connectivity index (χ1) is 13.8. The molecule has 13 heteroatoms. The summed E-state index contributed by atoms with van der Waals surface area (Å²) in [5.74, 6) is -0.262. The summed E-state index contributed by atoms with van der Waals surface area (Å²) in [6.07, 6.45) is 1.07. The van der Waals surface area contributed by atoms with Crippen molar-refractivity contribution in [2.45, 2.75) is 0 Å². The molecule has 0 atom stereocenters. The molecule has 0 unspecified atom stereocenters. The first-order valence-corrected chi connectivity index (χ1v) is 8.61. The largest absolute Gasteiger partial charge is 0.477 e. The number of carbonyl (C=O) groups excluding carboxylic acids is 1.